The van der Waals surface area contributed by atoms with E-state index in [1.165, 1.54) is 0 Å². The summed E-state index contributed by atoms with van der Waals surface area (Å²) in [7, 11) is 3.18. The second-order valence-electron chi connectivity index (χ2n) is 4.44. The average molecular weight is 285 g/mol. The van der Waals surface area contributed by atoms with E-state index < -0.39 is 0 Å². The van der Waals surface area contributed by atoms with Crippen molar-refractivity contribution in [2.45, 2.75) is 0 Å². The van der Waals surface area contributed by atoms with Crippen molar-refractivity contribution in [2.75, 3.05) is 25.3 Å². The lowest BCUT2D eigenvalue weighted by atomic mass is 10.3. The summed E-state index contributed by atoms with van der Waals surface area (Å²) in [6.45, 7) is 0. The summed E-state index contributed by atoms with van der Waals surface area (Å²) in [4.78, 5) is 4.34. The molecular weight excluding hydrogens is 270 g/mol. The number of methoxy groups -OCH3 is 2. The van der Waals surface area contributed by atoms with Gasteiger partial charge >= 0.3 is 0 Å². The molecule has 3 N–H and O–H groups in total. The minimum atomic E-state index is 0.391. The predicted molar refractivity (Wildman–Crippen MR) is 81.3 cm³/mol. The smallest absolute Gasteiger partial charge is 0.300 e. The fourth-order valence-electron chi connectivity index (χ4n) is 2.04. The molecule has 0 aliphatic carbocycles. The van der Waals surface area contributed by atoms with Gasteiger partial charge in [-0.1, -0.05) is 0 Å². The Hall–Kier alpha value is -2.89. The highest BCUT2D eigenvalue weighted by Crippen LogP contribution is 2.31. The summed E-state index contributed by atoms with van der Waals surface area (Å²) in [5.41, 5.74) is 8.53. The average Bonchev–Trinajstić information content (AvgIpc) is 2.88. The third-order valence-electron chi connectivity index (χ3n) is 3.05. The molecule has 6 nitrogen and oxygen atoms in total. The van der Waals surface area contributed by atoms with Gasteiger partial charge in [0.2, 0.25) is 0 Å². The maximum absolute atomic E-state index is 5.72. The minimum absolute atomic E-state index is 0.391. The largest absolute Gasteiger partial charge is 0.493 e. The molecule has 6 heteroatoms. The van der Waals surface area contributed by atoms with Gasteiger partial charge < -0.3 is 24.9 Å². The number of nitrogens with one attached hydrogen (secondary N) is 1. The molecule has 108 valence electrons. The van der Waals surface area contributed by atoms with Gasteiger partial charge in [-0.3, -0.25) is 0 Å². The van der Waals surface area contributed by atoms with Gasteiger partial charge in [-0.2, -0.15) is 4.98 Å². The van der Waals surface area contributed by atoms with Gasteiger partial charge in [-0.15, -0.1) is 0 Å². The molecule has 0 saturated heterocycles. The fraction of sp³-hybridized carbons (Fsp3) is 0.133. The zero-order chi connectivity index (χ0) is 14.8. The Labute approximate surface area is 121 Å². The van der Waals surface area contributed by atoms with Gasteiger partial charge in [0.15, 0.2) is 17.1 Å². The van der Waals surface area contributed by atoms with E-state index >= 15 is 0 Å². The van der Waals surface area contributed by atoms with Gasteiger partial charge in [0.05, 0.1) is 14.2 Å². The van der Waals surface area contributed by atoms with Gasteiger partial charge in [0.25, 0.3) is 6.01 Å². The number of fused-ring (bicyclic) bond motifs is 1. The Morgan fingerprint density at radius 2 is 1.86 bits per heavy atom. The third-order valence-corrected chi connectivity index (χ3v) is 3.05. The van der Waals surface area contributed by atoms with Gasteiger partial charge in [0.1, 0.15) is 5.52 Å². The summed E-state index contributed by atoms with van der Waals surface area (Å²) in [5.74, 6) is 1.29. The van der Waals surface area contributed by atoms with Crippen molar-refractivity contribution in [1.29, 1.82) is 0 Å². The molecule has 1 aromatic heterocycles. The number of aromatic nitrogens is 1. The van der Waals surface area contributed by atoms with E-state index in [1.54, 1.807) is 32.4 Å². The number of nitrogens with two attached hydrogens (primary N) is 1. The summed E-state index contributed by atoms with van der Waals surface area (Å²) in [5, 5.41) is 3.08. The van der Waals surface area contributed by atoms with Crippen LogP contribution >= 0.6 is 0 Å². The van der Waals surface area contributed by atoms with E-state index in [0.29, 0.717) is 34.3 Å². The van der Waals surface area contributed by atoms with Crippen molar-refractivity contribution in [3.63, 3.8) is 0 Å². The molecule has 0 aliphatic rings. The molecule has 3 aromatic rings. The van der Waals surface area contributed by atoms with Crippen LogP contribution in [0.25, 0.3) is 11.1 Å². The molecule has 3 rings (SSSR count). The van der Waals surface area contributed by atoms with Crippen LogP contribution in [-0.4, -0.2) is 19.2 Å². The van der Waals surface area contributed by atoms with Crippen molar-refractivity contribution in [1.82, 2.24) is 4.98 Å². The van der Waals surface area contributed by atoms with Gasteiger partial charge in [0, 0.05) is 17.4 Å². The fourth-order valence-corrected chi connectivity index (χ4v) is 2.04. The molecule has 21 heavy (non-hydrogen) atoms. The lowest BCUT2D eigenvalue weighted by molar-refractivity contribution is 0.355. The molecule has 1 heterocycles. The Morgan fingerprint density at radius 1 is 1.05 bits per heavy atom. The number of nitrogen functional groups attached to an aromatic ring is 1. The Balaban J connectivity index is 1.91. The number of hydrogen-bond donors (Lipinski definition) is 2. The Morgan fingerprint density at radius 3 is 2.62 bits per heavy atom. The van der Waals surface area contributed by atoms with Crippen molar-refractivity contribution in [3.8, 4) is 11.5 Å². The van der Waals surface area contributed by atoms with E-state index in [2.05, 4.69) is 10.3 Å². The van der Waals surface area contributed by atoms with Crippen molar-refractivity contribution < 1.29 is 13.9 Å². The van der Waals surface area contributed by atoms with Crippen LogP contribution in [0.4, 0.5) is 17.4 Å². The third kappa shape index (κ3) is 2.55. The first kappa shape index (κ1) is 13.1. The molecule has 0 fully saturated rings. The normalized spacial score (nSPS) is 10.6. The van der Waals surface area contributed by atoms with E-state index in [4.69, 9.17) is 19.6 Å². The van der Waals surface area contributed by atoms with Crippen molar-refractivity contribution >= 4 is 28.5 Å². The summed E-state index contributed by atoms with van der Waals surface area (Å²) in [6.07, 6.45) is 0. The first-order valence-corrected chi connectivity index (χ1v) is 6.34. The predicted octanol–water partition coefficient (Wildman–Crippen LogP) is 3.17. The van der Waals surface area contributed by atoms with E-state index in [9.17, 15) is 0 Å². The minimum Gasteiger partial charge on any atom is -0.493 e. The summed E-state index contributed by atoms with van der Waals surface area (Å²) >= 11 is 0. The highest BCUT2D eigenvalue weighted by molar-refractivity contribution is 5.78. The second kappa shape index (κ2) is 5.24. The molecular formula is C15H15N3O3. The molecule has 0 unspecified atom stereocenters. The van der Waals surface area contributed by atoms with Gasteiger partial charge in [-0.05, 0) is 30.3 Å². The quantitative estimate of drug-likeness (QED) is 0.716. The zero-order valence-electron chi connectivity index (χ0n) is 11.7. The van der Waals surface area contributed by atoms with Crippen LogP contribution in [0.2, 0.25) is 0 Å². The lowest BCUT2D eigenvalue weighted by Crippen LogP contribution is -1.94. The first-order valence-electron chi connectivity index (χ1n) is 6.34. The highest BCUT2D eigenvalue weighted by Gasteiger charge is 2.09. The van der Waals surface area contributed by atoms with E-state index in [1.807, 2.05) is 18.2 Å². The number of anilines is 3. The van der Waals surface area contributed by atoms with Crippen LogP contribution in [0.1, 0.15) is 0 Å². The number of hydrogen-bond acceptors (Lipinski definition) is 6. The van der Waals surface area contributed by atoms with E-state index in [0.717, 1.165) is 5.69 Å². The molecule has 0 bridgehead atoms. The molecule has 0 aliphatic heterocycles. The number of oxazole rings is 1. The standard InChI is InChI=1S/C15H15N3O3/c1-19-13-6-4-10(8-14(13)20-2)17-15-18-11-7-9(16)3-5-12(11)21-15/h3-8H,16H2,1-2H3,(H,17,18). The number of ether oxygens (including phenoxy) is 2. The van der Waals surface area contributed by atoms with Crippen molar-refractivity contribution in [3.05, 3.63) is 36.4 Å². The zero-order valence-corrected chi connectivity index (χ0v) is 11.7. The molecule has 0 amide bonds. The SMILES string of the molecule is COc1ccc(Nc2nc3cc(N)ccc3o2)cc1OC. The number of benzene rings is 2. The number of rotatable bonds is 4. The Bertz CT molecular complexity index is 783. The Kier molecular flexibility index (Phi) is 3.27. The topological polar surface area (TPSA) is 82.5 Å². The summed E-state index contributed by atoms with van der Waals surface area (Å²) in [6, 6.07) is 11.2. The summed E-state index contributed by atoms with van der Waals surface area (Å²) < 4.78 is 16.1. The van der Waals surface area contributed by atoms with E-state index in [-0.39, 0.29) is 0 Å². The molecule has 0 radical (unpaired) electrons. The van der Waals surface area contributed by atoms with Crippen LogP contribution in [0, 0.1) is 0 Å². The van der Waals surface area contributed by atoms with Crippen LogP contribution in [0.5, 0.6) is 11.5 Å². The second-order valence-corrected chi connectivity index (χ2v) is 4.44. The lowest BCUT2D eigenvalue weighted by Gasteiger charge is -2.09. The van der Waals surface area contributed by atoms with Crippen LogP contribution in [0.3, 0.4) is 0 Å². The maximum Gasteiger partial charge on any atom is 0.300 e. The highest BCUT2D eigenvalue weighted by atomic mass is 16.5. The monoisotopic (exact) mass is 285 g/mol. The maximum atomic E-state index is 5.72. The molecule has 0 spiro atoms. The number of nitrogens with zero attached hydrogens (tertiary/aromatic N) is 1. The molecule has 0 atom stereocenters. The molecule has 2 aromatic carbocycles. The van der Waals surface area contributed by atoms with Crippen molar-refractivity contribution in [2.24, 2.45) is 0 Å². The molecule has 0 saturated carbocycles. The van der Waals surface area contributed by atoms with Gasteiger partial charge in [-0.25, -0.2) is 0 Å². The van der Waals surface area contributed by atoms with Crippen LogP contribution in [-0.2, 0) is 0 Å². The first-order chi connectivity index (χ1) is 10.2. The van der Waals surface area contributed by atoms with Crippen LogP contribution in [0.15, 0.2) is 40.8 Å². The van der Waals surface area contributed by atoms with Crippen LogP contribution < -0.4 is 20.5 Å².